The average Bonchev–Trinajstić information content (AvgIpc) is 2.04. The summed E-state index contributed by atoms with van der Waals surface area (Å²) in [4.78, 5) is 0. The number of allylic oxidation sites excluding steroid dienone is 1. The van der Waals surface area contributed by atoms with Crippen molar-refractivity contribution in [3.8, 4) is 0 Å². The van der Waals surface area contributed by atoms with Gasteiger partial charge in [-0.3, -0.25) is 0 Å². The van der Waals surface area contributed by atoms with Gasteiger partial charge in [-0.1, -0.05) is 12.2 Å². The highest BCUT2D eigenvalue weighted by atomic mass is 16.5. The van der Waals surface area contributed by atoms with E-state index >= 15 is 0 Å². The Labute approximate surface area is 61.5 Å². The second kappa shape index (κ2) is 3.74. The molecule has 0 bridgehead atoms. The SMILES string of the molecule is COC1C=CCCC1CO. The molecule has 0 amide bonds. The largest absolute Gasteiger partial charge is 0.396 e. The van der Waals surface area contributed by atoms with Crippen molar-refractivity contribution in [1.82, 2.24) is 0 Å². The molecule has 0 aromatic carbocycles. The molecule has 0 fully saturated rings. The van der Waals surface area contributed by atoms with Crippen LogP contribution >= 0.6 is 0 Å². The van der Waals surface area contributed by atoms with Gasteiger partial charge in [0.2, 0.25) is 0 Å². The summed E-state index contributed by atoms with van der Waals surface area (Å²) >= 11 is 0. The number of hydrogen-bond acceptors (Lipinski definition) is 2. The maximum atomic E-state index is 8.88. The lowest BCUT2D eigenvalue weighted by Gasteiger charge is -2.24. The van der Waals surface area contributed by atoms with E-state index in [-0.39, 0.29) is 12.7 Å². The van der Waals surface area contributed by atoms with Crippen LogP contribution < -0.4 is 0 Å². The number of methoxy groups -OCH3 is 1. The standard InChI is InChI=1S/C8H14O2/c1-10-8-5-3-2-4-7(8)6-9/h3,5,7-9H,2,4,6H2,1H3. The van der Waals surface area contributed by atoms with Crippen molar-refractivity contribution in [2.45, 2.75) is 18.9 Å². The zero-order valence-corrected chi connectivity index (χ0v) is 6.29. The van der Waals surface area contributed by atoms with Crippen LogP contribution in [0.15, 0.2) is 12.2 Å². The fraction of sp³-hybridized carbons (Fsp3) is 0.750. The number of ether oxygens (including phenoxy) is 1. The Kier molecular flexibility index (Phi) is 2.90. The summed E-state index contributed by atoms with van der Waals surface area (Å²) in [5.74, 6) is 0.315. The van der Waals surface area contributed by atoms with Gasteiger partial charge in [0.15, 0.2) is 0 Å². The van der Waals surface area contributed by atoms with Crippen molar-refractivity contribution in [2.24, 2.45) is 5.92 Å². The lowest BCUT2D eigenvalue weighted by molar-refractivity contribution is 0.0501. The molecule has 58 valence electrons. The third kappa shape index (κ3) is 1.58. The first-order valence-corrected chi connectivity index (χ1v) is 3.68. The predicted octanol–water partition coefficient (Wildman–Crippen LogP) is 0.960. The third-order valence-electron chi connectivity index (χ3n) is 2.00. The fourth-order valence-corrected chi connectivity index (χ4v) is 1.33. The quantitative estimate of drug-likeness (QED) is 0.582. The molecule has 0 saturated heterocycles. The van der Waals surface area contributed by atoms with Crippen LogP contribution in [0, 0.1) is 5.92 Å². The maximum Gasteiger partial charge on any atom is 0.0802 e. The second-order valence-corrected chi connectivity index (χ2v) is 2.65. The highest BCUT2D eigenvalue weighted by molar-refractivity contribution is 4.98. The molecule has 2 atom stereocenters. The molecular formula is C8H14O2. The Morgan fingerprint density at radius 2 is 2.50 bits per heavy atom. The van der Waals surface area contributed by atoms with Crippen LogP contribution in [-0.2, 0) is 4.74 Å². The molecule has 0 aromatic heterocycles. The Balaban J connectivity index is 2.47. The van der Waals surface area contributed by atoms with Gasteiger partial charge in [-0.15, -0.1) is 0 Å². The predicted molar refractivity (Wildman–Crippen MR) is 39.7 cm³/mol. The van der Waals surface area contributed by atoms with E-state index in [9.17, 15) is 0 Å². The number of aliphatic hydroxyl groups excluding tert-OH is 1. The molecule has 0 aromatic rings. The zero-order valence-electron chi connectivity index (χ0n) is 6.29. The van der Waals surface area contributed by atoms with Gasteiger partial charge >= 0.3 is 0 Å². The third-order valence-corrected chi connectivity index (χ3v) is 2.00. The summed E-state index contributed by atoms with van der Waals surface area (Å²) < 4.78 is 5.15. The minimum absolute atomic E-state index is 0.138. The van der Waals surface area contributed by atoms with Crippen molar-refractivity contribution in [1.29, 1.82) is 0 Å². The van der Waals surface area contributed by atoms with E-state index in [4.69, 9.17) is 9.84 Å². The van der Waals surface area contributed by atoms with Gasteiger partial charge in [-0.05, 0) is 12.8 Å². The van der Waals surface area contributed by atoms with Crippen LogP contribution in [0.2, 0.25) is 0 Å². The van der Waals surface area contributed by atoms with Gasteiger partial charge in [0.25, 0.3) is 0 Å². The molecule has 1 aliphatic rings. The highest BCUT2D eigenvalue weighted by Gasteiger charge is 2.19. The Morgan fingerprint density at radius 1 is 1.70 bits per heavy atom. The van der Waals surface area contributed by atoms with Crippen molar-refractivity contribution >= 4 is 0 Å². The van der Waals surface area contributed by atoms with Gasteiger partial charge in [0.1, 0.15) is 0 Å². The van der Waals surface area contributed by atoms with Crippen molar-refractivity contribution in [3.63, 3.8) is 0 Å². The molecular weight excluding hydrogens is 128 g/mol. The zero-order chi connectivity index (χ0) is 7.40. The Bertz CT molecular complexity index is 120. The number of aliphatic hydroxyl groups is 1. The number of hydrogen-bond donors (Lipinski definition) is 1. The maximum absolute atomic E-state index is 8.88. The van der Waals surface area contributed by atoms with E-state index in [1.54, 1.807) is 7.11 Å². The molecule has 0 heterocycles. The van der Waals surface area contributed by atoms with Crippen LogP contribution in [0.1, 0.15) is 12.8 Å². The minimum atomic E-state index is 0.138. The number of rotatable bonds is 2. The van der Waals surface area contributed by atoms with Crippen LogP contribution in [0.3, 0.4) is 0 Å². The molecule has 0 saturated carbocycles. The summed E-state index contributed by atoms with van der Waals surface area (Å²) in [5.41, 5.74) is 0. The van der Waals surface area contributed by atoms with E-state index in [1.807, 2.05) is 6.08 Å². The van der Waals surface area contributed by atoms with Crippen molar-refractivity contribution < 1.29 is 9.84 Å². The van der Waals surface area contributed by atoms with Gasteiger partial charge in [0, 0.05) is 19.6 Å². The van der Waals surface area contributed by atoms with Gasteiger partial charge in [-0.25, -0.2) is 0 Å². The Hall–Kier alpha value is -0.340. The molecule has 1 N–H and O–H groups in total. The lowest BCUT2D eigenvalue weighted by Crippen LogP contribution is -2.25. The first-order chi connectivity index (χ1) is 4.88. The molecule has 1 rings (SSSR count). The molecule has 2 heteroatoms. The van der Waals surface area contributed by atoms with Crippen molar-refractivity contribution in [2.75, 3.05) is 13.7 Å². The molecule has 2 nitrogen and oxygen atoms in total. The van der Waals surface area contributed by atoms with E-state index in [0.29, 0.717) is 5.92 Å². The van der Waals surface area contributed by atoms with Crippen LogP contribution in [0.4, 0.5) is 0 Å². The average molecular weight is 142 g/mol. The van der Waals surface area contributed by atoms with E-state index < -0.39 is 0 Å². The Morgan fingerprint density at radius 3 is 3.00 bits per heavy atom. The molecule has 0 spiro atoms. The summed E-state index contributed by atoms with van der Waals surface area (Å²) in [7, 11) is 1.68. The summed E-state index contributed by atoms with van der Waals surface area (Å²) in [6, 6.07) is 0. The smallest absolute Gasteiger partial charge is 0.0802 e. The fourth-order valence-electron chi connectivity index (χ4n) is 1.33. The van der Waals surface area contributed by atoms with Gasteiger partial charge < -0.3 is 9.84 Å². The molecule has 10 heavy (non-hydrogen) atoms. The first kappa shape index (κ1) is 7.76. The second-order valence-electron chi connectivity index (χ2n) is 2.65. The molecule has 2 unspecified atom stereocenters. The topological polar surface area (TPSA) is 29.5 Å². The van der Waals surface area contributed by atoms with E-state index in [2.05, 4.69) is 6.08 Å². The van der Waals surface area contributed by atoms with Crippen LogP contribution in [-0.4, -0.2) is 24.9 Å². The highest BCUT2D eigenvalue weighted by Crippen LogP contribution is 2.19. The molecule has 0 radical (unpaired) electrons. The van der Waals surface area contributed by atoms with Crippen LogP contribution in [0.25, 0.3) is 0 Å². The van der Waals surface area contributed by atoms with E-state index in [1.165, 1.54) is 0 Å². The molecule has 1 aliphatic carbocycles. The molecule has 0 aliphatic heterocycles. The summed E-state index contributed by atoms with van der Waals surface area (Å²) in [5, 5.41) is 8.88. The monoisotopic (exact) mass is 142 g/mol. The first-order valence-electron chi connectivity index (χ1n) is 3.68. The minimum Gasteiger partial charge on any atom is -0.396 e. The lowest BCUT2D eigenvalue weighted by atomic mass is 9.92. The normalized spacial score (nSPS) is 32.6. The van der Waals surface area contributed by atoms with Crippen LogP contribution in [0.5, 0.6) is 0 Å². The van der Waals surface area contributed by atoms with E-state index in [0.717, 1.165) is 12.8 Å². The summed E-state index contributed by atoms with van der Waals surface area (Å²) in [6.45, 7) is 0.239. The van der Waals surface area contributed by atoms with Crippen molar-refractivity contribution in [3.05, 3.63) is 12.2 Å². The van der Waals surface area contributed by atoms with Gasteiger partial charge in [0.05, 0.1) is 6.10 Å². The summed E-state index contributed by atoms with van der Waals surface area (Å²) in [6.07, 6.45) is 6.40. The van der Waals surface area contributed by atoms with Gasteiger partial charge in [-0.2, -0.15) is 0 Å².